The van der Waals surface area contributed by atoms with Crippen LogP contribution < -0.4 is 4.74 Å². The van der Waals surface area contributed by atoms with Gasteiger partial charge in [0.2, 0.25) is 5.24 Å². The van der Waals surface area contributed by atoms with Crippen molar-refractivity contribution in [3.05, 3.63) is 30.1 Å². The van der Waals surface area contributed by atoms with Crippen LogP contribution in [0.15, 0.2) is 24.3 Å². The normalized spacial score (nSPS) is 12.2. The van der Waals surface area contributed by atoms with Crippen LogP contribution in [0.5, 0.6) is 5.75 Å². The van der Waals surface area contributed by atoms with Crippen molar-refractivity contribution in [2.75, 3.05) is 0 Å². The highest BCUT2D eigenvalue weighted by atomic mass is 35.5. The third-order valence-corrected chi connectivity index (χ3v) is 1.75. The first kappa shape index (κ1) is 11.0. The minimum Gasteiger partial charge on any atom is -0.490 e. The van der Waals surface area contributed by atoms with Crippen molar-refractivity contribution in [1.29, 1.82) is 0 Å². The summed E-state index contributed by atoms with van der Waals surface area (Å²) in [7, 11) is 0. The highest BCUT2D eigenvalue weighted by Crippen LogP contribution is 2.14. The lowest BCUT2D eigenvalue weighted by molar-refractivity contribution is -0.112. The largest absolute Gasteiger partial charge is 0.490 e. The number of benzene rings is 1. The Hall–Kier alpha value is -1.09. The van der Waals surface area contributed by atoms with E-state index in [1.165, 1.54) is 24.3 Å². The number of carbonyl (C=O) groups is 1. The molecule has 0 saturated carbocycles. The average molecular weight is 217 g/mol. The van der Waals surface area contributed by atoms with Gasteiger partial charge in [-0.15, -0.1) is 0 Å². The molecule has 0 N–H and O–H groups in total. The monoisotopic (exact) mass is 216 g/mol. The molecule has 1 aromatic rings. The minimum atomic E-state index is -0.445. The van der Waals surface area contributed by atoms with Crippen LogP contribution in [0, 0.1) is 5.82 Å². The molecular weight excluding hydrogens is 207 g/mol. The summed E-state index contributed by atoms with van der Waals surface area (Å²) in [6.45, 7) is 1.73. The lowest BCUT2D eigenvalue weighted by atomic mass is 10.3. The Morgan fingerprint density at radius 1 is 1.50 bits per heavy atom. The van der Waals surface area contributed by atoms with Crippen molar-refractivity contribution in [3.8, 4) is 5.75 Å². The molecule has 1 atom stereocenters. The van der Waals surface area contributed by atoms with E-state index < -0.39 is 5.24 Å². The van der Waals surface area contributed by atoms with Crippen LogP contribution in [0.25, 0.3) is 0 Å². The molecule has 0 aliphatic rings. The van der Waals surface area contributed by atoms with E-state index >= 15 is 0 Å². The molecule has 14 heavy (non-hydrogen) atoms. The molecule has 2 nitrogen and oxygen atoms in total. The van der Waals surface area contributed by atoms with E-state index in [0.29, 0.717) is 5.75 Å². The third kappa shape index (κ3) is 3.75. The highest BCUT2D eigenvalue weighted by molar-refractivity contribution is 6.63. The summed E-state index contributed by atoms with van der Waals surface area (Å²) in [5.41, 5.74) is 0. The van der Waals surface area contributed by atoms with Gasteiger partial charge in [0, 0.05) is 0 Å². The zero-order chi connectivity index (χ0) is 10.6. The number of hydrogen-bond donors (Lipinski definition) is 0. The van der Waals surface area contributed by atoms with Gasteiger partial charge in [-0.25, -0.2) is 4.39 Å². The first-order chi connectivity index (χ1) is 6.58. The Morgan fingerprint density at radius 3 is 2.57 bits per heavy atom. The second-order valence-electron chi connectivity index (χ2n) is 2.94. The van der Waals surface area contributed by atoms with Gasteiger partial charge in [-0.05, 0) is 42.8 Å². The summed E-state index contributed by atoms with van der Waals surface area (Å²) < 4.78 is 17.8. The van der Waals surface area contributed by atoms with Gasteiger partial charge in [0.25, 0.3) is 0 Å². The van der Waals surface area contributed by atoms with Gasteiger partial charge in [-0.3, -0.25) is 4.79 Å². The minimum absolute atomic E-state index is 0.138. The lowest BCUT2D eigenvalue weighted by Gasteiger charge is -2.12. The first-order valence-corrected chi connectivity index (χ1v) is 4.56. The lowest BCUT2D eigenvalue weighted by Crippen LogP contribution is -2.14. The molecule has 0 spiro atoms. The first-order valence-electron chi connectivity index (χ1n) is 4.18. The Bertz CT molecular complexity index is 310. The van der Waals surface area contributed by atoms with Gasteiger partial charge < -0.3 is 4.74 Å². The van der Waals surface area contributed by atoms with Crippen molar-refractivity contribution in [1.82, 2.24) is 0 Å². The summed E-state index contributed by atoms with van der Waals surface area (Å²) >= 11 is 5.19. The molecule has 0 radical (unpaired) electrons. The maximum atomic E-state index is 12.5. The molecular formula is C10H10ClFO2. The van der Waals surface area contributed by atoms with E-state index in [1.54, 1.807) is 6.92 Å². The van der Waals surface area contributed by atoms with E-state index in [9.17, 15) is 9.18 Å². The second kappa shape index (κ2) is 4.96. The zero-order valence-electron chi connectivity index (χ0n) is 7.67. The predicted molar refractivity (Wildman–Crippen MR) is 52.0 cm³/mol. The number of carbonyl (C=O) groups excluding carboxylic acids is 1. The van der Waals surface area contributed by atoms with Crippen molar-refractivity contribution >= 4 is 16.8 Å². The second-order valence-corrected chi connectivity index (χ2v) is 3.36. The van der Waals surface area contributed by atoms with E-state index in [-0.39, 0.29) is 18.3 Å². The van der Waals surface area contributed by atoms with Gasteiger partial charge in [0.1, 0.15) is 17.7 Å². The molecule has 1 rings (SSSR count). The quantitative estimate of drug-likeness (QED) is 0.724. The maximum Gasteiger partial charge on any atom is 0.225 e. The van der Waals surface area contributed by atoms with E-state index in [4.69, 9.17) is 16.3 Å². The number of ether oxygens (including phenoxy) is 1. The van der Waals surface area contributed by atoms with Gasteiger partial charge in [0.05, 0.1) is 6.42 Å². The van der Waals surface area contributed by atoms with Gasteiger partial charge in [0.15, 0.2) is 0 Å². The fourth-order valence-electron chi connectivity index (χ4n) is 1.01. The van der Waals surface area contributed by atoms with Crippen LogP contribution in [0.2, 0.25) is 0 Å². The van der Waals surface area contributed by atoms with Crippen LogP contribution in [0.4, 0.5) is 4.39 Å². The van der Waals surface area contributed by atoms with E-state index in [2.05, 4.69) is 0 Å². The molecule has 0 fully saturated rings. The summed E-state index contributed by atoms with van der Waals surface area (Å²) in [5, 5.41) is -0.445. The number of hydrogen-bond acceptors (Lipinski definition) is 2. The summed E-state index contributed by atoms with van der Waals surface area (Å²) in [6.07, 6.45) is -0.163. The molecule has 0 aliphatic heterocycles. The topological polar surface area (TPSA) is 26.3 Å². The summed E-state index contributed by atoms with van der Waals surface area (Å²) in [4.78, 5) is 10.5. The Balaban J connectivity index is 2.51. The number of rotatable bonds is 4. The average Bonchev–Trinajstić information content (AvgIpc) is 2.07. The predicted octanol–water partition coefficient (Wildman–Crippen LogP) is 2.75. The Morgan fingerprint density at radius 2 is 2.07 bits per heavy atom. The van der Waals surface area contributed by atoms with Crippen LogP contribution in [0.1, 0.15) is 13.3 Å². The molecule has 1 unspecified atom stereocenters. The SMILES string of the molecule is CC(CC(=O)Cl)Oc1ccc(F)cc1. The smallest absolute Gasteiger partial charge is 0.225 e. The Kier molecular flexibility index (Phi) is 3.89. The molecule has 76 valence electrons. The molecule has 0 heterocycles. The molecule has 0 saturated heterocycles. The summed E-state index contributed by atoms with van der Waals surface area (Å²) in [5.74, 6) is 0.204. The van der Waals surface area contributed by atoms with Gasteiger partial charge >= 0.3 is 0 Å². The van der Waals surface area contributed by atoms with Crippen molar-refractivity contribution in [2.24, 2.45) is 0 Å². The van der Waals surface area contributed by atoms with Gasteiger partial charge in [-0.1, -0.05) is 0 Å². The molecule has 4 heteroatoms. The zero-order valence-corrected chi connectivity index (χ0v) is 8.42. The van der Waals surface area contributed by atoms with Gasteiger partial charge in [-0.2, -0.15) is 0 Å². The molecule has 0 aromatic heterocycles. The van der Waals surface area contributed by atoms with Crippen LogP contribution in [-0.4, -0.2) is 11.3 Å². The third-order valence-electron chi connectivity index (χ3n) is 1.60. The number of halogens is 2. The molecule has 1 aromatic carbocycles. The maximum absolute atomic E-state index is 12.5. The van der Waals surface area contributed by atoms with Crippen molar-refractivity contribution in [2.45, 2.75) is 19.4 Å². The molecule has 0 bridgehead atoms. The van der Waals surface area contributed by atoms with Crippen LogP contribution in [-0.2, 0) is 4.79 Å². The molecule has 0 aliphatic carbocycles. The van der Waals surface area contributed by atoms with E-state index in [1.807, 2.05) is 0 Å². The highest BCUT2D eigenvalue weighted by Gasteiger charge is 2.08. The van der Waals surface area contributed by atoms with Crippen molar-refractivity contribution < 1.29 is 13.9 Å². The van der Waals surface area contributed by atoms with Crippen LogP contribution >= 0.6 is 11.6 Å². The van der Waals surface area contributed by atoms with Crippen LogP contribution in [0.3, 0.4) is 0 Å². The van der Waals surface area contributed by atoms with Crippen molar-refractivity contribution in [3.63, 3.8) is 0 Å². The fraction of sp³-hybridized carbons (Fsp3) is 0.300. The standard InChI is InChI=1S/C10H10ClFO2/c1-7(6-10(11)13)14-9-4-2-8(12)3-5-9/h2-5,7H,6H2,1H3. The Labute approximate surface area is 86.6 Å². The fourth-order valence-corrected chi connectivity index (χ4v) is 1.23. The van der Waals surface area contributed by atoms with E-state index in [0.717, 1.165) is 0 Å². The summed E-state index contributed by atoms with van der Waals surface area (Å²) in [6, 6.07) is 5.60. The molecule has 0 amide bonds.